The van der Waals surface area contributed by atoms with E-state index < -0.39 is 0 Å². The van der Waals surface area contributed by atoms with Crippen molar-refractivity contribution in [3.8, 4) is 33.6 Å². The van der Waals surface area contributed by atoms with Crippen molar-refractivity contribution < 1.29 is 0 Å². The van der Waals surface area contributed by atoms with Crippen LogP contribution in [0.3, 0.4) is 0 Å². The van der Waals surface area contributed by atoms with E-state index >= 15 is 0 Å². The third kappa shape index (κ3) is 3.79. The maximum Gasteiger partial charge on any atom is 0.0716 e. The van der Waals surface area contributed by atoms with Crippen molar-refractivity contribution in [2.75, 3.05) is 0 Å². The highest BCUT2D eigenvalue weighted by Gasteiger charge is 2.11. The van der Waals surface area contributed by atoms with Crippen LogP contribution in [-0.4, -0.2) is 15.0 Å². The Morgan fingerprint density at radius 3 is 1.77 bits per heavy atom. The Morgan fingerprint density at radius 1 is 0.400 bits per heavy atom. The molecule has 0 aliphatic heterocycles. The van der Waals surface area contributed by atoms with Crippen LogP contribution < -0.4 is 0 Å². The number of hydrogen-bond acceptors (Lipinski definition) is 3. The van der Waals surface area contributed by atoms with Gasteiger partial charge in [0.2, 0.25) is 0 Å². The van der Waals surface area contributed by atoms with Crippen molar-refractivity contribution in [3.05, 3.63) is 140 Å². The number of nitrogens with zero attached hydrogens (tertiary/aromatic N) is 3. The summed E-state index contributed by atoms with van der Waals surface area (Å²) in [5, 5.41) is 7.20. The lowest BCUT2D eigenvalue weighted by Gasteiger charge is -2.11. The van der Waals surface area contributed by atoms with Gasteiger partial charge in [-0.1, -0.05) is 91.0 Å². The maximum absolute atomic E-state index is 5.18. The second-order valence-corrected chi connectivity index (χ2v) is 10.1. The zero-order chi connectivity index (χ0) is 26.5. The van der Waals surface area contributed by atoms with Crippen molar-refractivity contribution in [2.45, 2.75) is 0 Å². The lowest BCUT2D eigenvalue weighted by Crippen LogP contribution is -1.90. The third-order valence-corrected chi connectivity index (χ3v) is 7.74. The van der Waals surface area contributed by atoms with Crippen LogP contribution in [0.5, 0.6) is 0 Å². The number of benzene rings is 5. The van der Waals surface area contributed by atoms with E-state index in [-0.39, 0.29) is 0 Å². The fourth-order valence-electron chi connectivity index (χ4n) is 5.70. The van der Waals surface area contributed by atoms with Gasteiger partial charge in [-0.15, -0.1) is 0 Å². The molecule has 0 aliphatic rings. The molecule has 40 heavy (non-hydrogen) atoms. The summed E-state index contributed by atoms with van der Waals surface area (Å²) in [5.74, 6) is 0. The molecule has 3 aromatic heterocycles. The number of hydrogen-bond donors (Lipinski definition) is 0. The van der Waals surface area contributed by atoms with Crippen molar-refractivity contribution >= 4 is 43.4 Å². The molecule has 8 aromatic rings. The molecule has 0 fully saturated rings. The number of pyridine rings is 3. The van der Waals surface area contributed by atoms with Crippen LogP contribution in [0.2, 0.25) is 0 Å². The number of fused-ring (bicyclic) bond motifs is 5. The first kappa shape index (κ1) is 22.6. The van der Waals surface area contributed by atoms with Crippen molar-refractivity contribution in [1.82, 2.24) is 15.0 Å². The fourth-order valence-corrected chi connectivity index (χ4v) is 5.70. The van der Waals surface area contributed by atoms with Crippen LogP contribution in [0.4, 0.5) is 0 Å². The van der Waals surface area contributed by atoms with Gasteiger partial charge in [0.25, 0.3) is 0 Å². The lowest BCUT2D eigenvalue weighted by molar-refractivity contribution is 1.31. The Morgan fingerprint density at radius 2 is 1.00 bits per heavy atom. The van der Waals surface area contributed by atoms with Crippen LogP contribution in [0, 0.1) is 0 Å². The Labute approximate surface area is 231 Å². The number of rotatable bonds is 3. The van der Waals surface area contributed by atoms with Gasteiger partial charge in [-0.25, -0.2) is 9.97 Å². The third-order valence-electron chi connectivity index (χ3n) is 7.74. The summed E-state index contributed by atoms with van der Waals surface area (Å²) in [5.41, 5.74) is 8.33. The second kappa shape index (κ2) is 9.11. The Kier molecular flexibility index (Phi) is 5.14. The molecular formula is C37H23N3. The monoisotopic (exact) mass is 509 g/mol. The number of aromatic nitrogens is 3. The van der Waals surface area contributed by atoms with Gasteiger partial charge in [0.15, 0.2) is 0 Å². The summed E-state index contributed by atoms with van der Waals surface area (Å²) in [7, 11) is 0. The summed E-state index contributed by atoms with van der Waals surface area (Å²) in [6.07, 6.45) is 3.60. The zero-order valence-electron chi connectivity index (χ0n) is 21.6. The first-order chi connectivity index (χ1) is 19.8. The molecule has 5 aromatic carbocycles. The van der Waals surface area contributed by atoms with E-state index in [2.05, 4.69) is 120 Å². The van der Waals surface area contributed by atoms with Crippen molar-refractivity contribution in [3.63, 3.8) is 0 Å². The summed E-state index contributed by atoms with van der Waals surface area (Å²) in [4.78, 5) is 14.3. The van der Waals surface area contributed by atoms with Gasteiger partial charge >= 0.3 is 0 Å². The van der Waals surface area contributed by atoms with Crippen LogP contribution in [0.25, 0.3) is 77.0 Å². The fraction of sp³-hybridized carbons (Fsp3) is 0. The molecule has 0 atom stereocenters. The molecule has 0 unspecified atom stereocenters. The quantitative estimate of drug-likeness (QED) is 0.223. The normalized spacial score (nSPS) is 11.5. The lowest BCUT2D eigenvalue weighted by atomic mass is 9.95. The zero-order valence-corrected chi connectivity index (χ0v) is 21.6. The molecule has 0 bridgehead atoms. The molecular weight excluding hydrogens is 486 g/mol. The van der Waals surface area contributed by atoms with E-state index in [0.717, 1.165) is 55.4 Å². The summed E-state index contributed by atoms with van der Waals surface area (Å²) in [6.45, 7) is 0. The average molecular weight is 510 g/mol. The molecule has 3 heteroatoms. The van der Waals surface area contributed by atoms with E-state index in [0.29, 0.717) is 0 Å². The van der Waals surface area contributed by atoms with Gasteiger partial charge < -0.3 is 0 Å². The van der Waals surface area contributed by atoms with Gasteiger partial charge in [0.05, 0.1) is 22.4 Å². The van der Waals surface area contributed by atoms with Gasteiger partial charge in [0.1, 0.15) is 0 Å². The smallest absolute Gasteiger partial charge is 0.0716 e. The Balaban J connectivity index is 1.25. The highest BCUT2D eigenvalue weighted by Crippen LogP contribution is 2.35. The second-order valence-electron chi connectivity index (χ2n) is 10.1. The topological polar surface area (TPSA) is 38.7 Å². The minimum absolute atomic E-state index is 0.944. The van der Waals surface area contributed by atoms with Gasteiger partial charge in [-0.05, 0) is 69.1 Å². The van der Waals surface area contributed by atoms with E-state index in [9.17, 15) is 0 Å². The molecule has 0 spiro atoms. The molecule has 0 saturated heterocycles. The van der Waals surface area contributed by atoms with E-state index in [1.165, 1.54) is 21.5 Å². The summed E-state index contributed by atoms with van der Waals surface area (Å²) < 4.78 is 0. The molecule has 3 heterocycles. The van der Waals surface area contributed by atoms with Crippen molar-refractivity contribution in [2.24, 2.45) is 0 Å². The van der Waals surface area contributed by atoms with E-state index in [1.807, 2.05) is 12.1 Å². The van der Waals surface area contributed by atoms with E-state index in [1.54, 1.807) is 12.4 Å². The predicted octanol–water partition coefficient (Wildman–Crippen LogP) is 9.49. The van der Waals surface area contributed by atoms with Gasteiger partial charge in [-0.2, -0.15) is 0 Å². The molecule has 0 N–H and O–H groups in total. The molecule has 0 amide bonds. The maximum atomic E-state index is 5.18. The summed E-state index contributed by atoms with van der Waals surface area (Å²) in [6, 6.07) is 44.9. The van der Waals surface area contributed by atoms with Crippen LogP contribution in [0.15, 0.2) is 140 Å². The van der Waals surface area contributed by atoms with Crippen LogP contribution in [0.1, 0.15) is 0 Å². The summed E-state index contributed by atoms with van der Waals surface area (Å²) >= 11 is 0. The minimum atomic E-state index is 0.944. The molecule has 8 rings (SSSR count). The molecule has 186 valence electrons. The van der Waals surface area contributed by atoms with Crippen LogP contribution >= 0.6 is 0 Å². The van der Waals surface area contributed by atoms with Crippen molar-refractivity contribution in [1.29, 1.82) is 0 Å². The van der Waals surface area contributed by atoms with Crippen LogP contribution in [-0.2, 0) is 0 Å². The highest BCUT2D eigenvalue weighted by atomic mass is 14.7. The largest absolute Gasteiger partial charge is 0.265 e. The average Bonchev–Trinajstić information content (AvgIpc) is 3.03. The Hall–Kier alpha value is -5.41. The highest BCUT2D eigenvalue weighted by molar-refractivity contribution is 6.14. The first-order valence-electron chi connectivity index (χ1n) is 13.4. The SMILES string of the molecule is c1ccc2c(c1)ccc1cccc(-c3ccc4ccc(-c5ccc6ccc(-c7ccncc7)nc6c5)cc4n3)c12. The standard InChI is InChI=1S/C37H23N3/c1-2-6-31-24(4-1)8-11-28-5-3-7-32(37(28)31)34-17-15-26-10-13-30(23-36(26)40-34)29-12-9-25-14-16-33(39-35(25)22-29)27-18-20-38-21-19-27/h1-23H. The minimum Gasteiger partial charge on any atom is -0.265 e. The van der Waals surface area contributed by atoms with Gasteiger partial charge in [-0.3, -0.25) is 4.98 Å². The molecule has 3 nitrogen and oxygen atoms in total. The first-order valence-corrected chi connectivity index (χ1v) is 13.4. The Bertz CT molecular complexity index is 2220. The molecule has 0 aliphatic carbocycles. The predicted molar refractivity (Wildman–Crippen MR) is 166 cm³/mol. The van der Waals surface area contributed by atoms with E-state index in [4.69, 9.17) is 9.97 Å². The molecule has 0 radical (unpaired) electrons. The molecule has 0 saturated carbocycles. The van der Waals surface area contributed by atoms with Gasteiger partial charge in [0, 0.05) is 34.3 Å².